The SMILES string of the molecule is CC1(C)c2ccccc2-c2ccc(-n3c4ccccc4c4cc(-c5ccc6c(c5)c5ccccc5n6-c5ccc(-c6ccccc6)cc5)ccc43)cc21.CC1(C)c2ccccc2-c2ccc(Br)cc21.[H-].[K+].c1ccc(-c2ccc(-n3c4ccccc4c4cc(-c5ccc6[nH]c7ccccc7c6c5)ccc43)cc2)cc1. The van der Waals surface area contributed by atoms with Crippen molar-refractivity contribution in [3.05, 3.63) is 391 Å². The molecular weight excluding hydrogens is 1400 g/mol. The molecule has 22 rings (SSSR count). The van der Waals surface area contributed by atoms with Gasteiger partial charge in [-0.1, -0.05) is 286 Å². The Bertz CT molecular complexity index is 6940. The van der Waals surface area contributed by atoms with E-state index in [2.05, 4.69) is 426 Å². The molecule has 0 atom stereocenters. The third-order valence-corrected chi connectivity index (χ3v) is 23.5. The van der Waals surface area contributed by atoms with Crippen molar-refractivity contribution >= 4 is 103 Å². The summed E-state index contributed by atoms with van der Waals surface area (Å²) in [6.07, 6.45) is 0. The molecule has 4 aromatic heterocycles. The molecule has 0 saturated heterocycles. The topological polar surface area (TPSA) is 30.6 Å². The van der Waals surface area contributed by atoms with E-state index in [-0.39, 0.29) is 63.6 Å². The van der Waals surface area contributed by atoms with Crippen molar-refractivity contribution in [3.63, 3.8) is 0 Å². The average Bonchev–Trinajstić information content (AvgIpc) is 1.57. The summed E-state index contributed by atoms with van der Waals surface area (Å²) in [6, 6.07) is 133. The van der Waals surface area contributed by atoms with Crippen molar-refractivity contribution in [2.45, 2.75) is 38.5 Å². The fraction of sp³-hybridized carbons (Fsp3) is 0.0588. The second-order valence-electron chi connectivity index (χ2n) is 29.8. The third-order valence-electron chi connectivity index (χ3n) is 23.0. The van der Waals surface area contributed by atoms with Gasteiger partial charge in [-0.25, -0.2) is 0 Å². The quantitative estimate of drug-likeness (QED) is 0.154. The van der Waals surface area contributed by atoms with Crippen molar-refractivity contribution in [1.82, 2.24) is 18.7 Å². The number of aromatic amines is 1. The first-order valence-corrected chi connectivity index (χ1v) is 37.9. The molecule has 510 valence electrons. The van der Waals surface area contributed by atoms with Crippen molar-refractivity contribution in [2.75, 3.05) is 0 Å². The van der Waals surface area contributed by atoms with Crippen LogP contribution in [0, 0.1) is 0 Å². The zero-order valence-corrected chi connectivity index (χ0v) is 65.6. The van der Waals surface area contributed by atoms with Gasteiger partial charge in [0.25, 0.3) is 0 Å². The molecule has 0 spiro atoms. The molecule has 4 heterocycles. The number of nitrogens with one attached hydrogen (secondary N) is 1. The zero-order chi connectivity index (χ0) is 71.7. The van der Waals surface area contributed by atoms with E-state index >= 15 is 0 Å². The van der Waals surface area contributed by atoms with Gasteiger partial charge in [0.05, 0.1) is 33.1 Å². The number of rotatable bonds is 7. The maximum atomic E-state index is 3.56. The molecule has 2 aliphatic rings. The van der Waals surface area contributed by atoms with Crippen molar-refractivity contribution in [1.29, 1.82) is 0 Å². The van der Waals surface area contributed by atoms with Crippen molar-refractivity contribution in [2.24, 2.45) is 0 Å². The number of halogens is 1. The monoisotopic (exact) mass is 1470 g/mol. The molecule has 0 saturated carbocycles. The zero-order valence-electron chi connectivity index (χ0n) is 61.9. The number of nitrogens with zero attached hydrogens (tertiary/aromatic N) is 3. The summed E-state index contributed by atoms with van der Waals surface area (Å²) in [7, 11) is 0. The van der Waals surface area contributed by atoms with Gasteiger partial charge < -0.3 is 20.1 Å². The van der Waals surface area contributed by atoms with Gasteiger partial charge in [-0.15, -0.1) is 0 Å². The van der Waals surface area contributed by atoms with E-state index in [1.807, 2.05) is 0 Å². The van der Waals surface area contributed by atoms with Crippen LogP contribution in [0.15, 0.2) is 368 Å². The van der Waals surface area contributed by atoms with E-state index in [1.165, 1.54) is 188 Å². The second-order valence-corrected chi connectivity index (χ2v) is 30.7. The number of H-pyrrole nitrogens is 1. The van der Waals surface area contributed by atoms with E-state index in [4.69, 9.17) is 0 Å². The minimum absolute atomic E-state index is 0. The Hall–Kier alpha value is -11.2. The second kappa shape index (κ2) is 27.0. The molecule has 108 heavy (non-hydrogen) atoms. The molecule has 0 radical (unpaired) electrons. The van der Waals surface area contributed by atoms with E-state index in [1.54, 1.807) is 0 Å². The van der Waals surface area contributed by atoms with Gasteiger partial charge >= 0.3 is 51.4 Å². The number of fused-ring (bicyclic) bond motifs is 18. The number of benzene rings is 16. The van der Waals surface area contributed by atoms with Crippen LogP contribution in [0.1, 0.15) is 51.4 Å². The van der Waals surface area contributed by atoms with E-state index in [9.17, 15) is 0 Å². The standard InChI is InChI=1S/C51H36N2.C36H24N2.C15H13Br.K.H/c1-51(2)45-17-9-6-14-39(45)40-27-26-38(32-46(40)51)53-48-19-11-8-16-42(48)44-31-36(23-29-50(44)53)35-22-28-49-43(30-35)41-15-7-10-18-47(41)52(49)37-24-20-34(21-25-37)33-12-4-3-5-13-33;1-2-8-24(9-3-1)25-14-18-28(19-15-25)38-35-13-7-5-11-30(35)32-23-27(17-21-36(32)38)26-16-20-34-31(22-26)29-10-4-6-12-33(29)37-34;1-15(2)13-6-4-3-5-11(13)12-8-7-10(16)9-14(12)15;;/h3-32H,1-2H3;1-23,37H;3-9H,1-2H3;;/q;;;+1;-1. The maximum Gasteiger partial charge on any atom is 1.00 e. The minimum atomic E-state index is -0.0543. The van der Waals surface area contributed by atoms with Crippen LogP contribution in [0.5, 0.6) is 0 Å². The molecular formula is C102H74BrKN4. The minimum Gasteiger partial charge on any atom is -1.00 e. The normalized spacial score (nSPS) is 12.9. The van der Waals surface area contributed by atoms with E-state index in [0.29, 0.717) is 0 Å². The summed E-state index contributed by atoms with van der Waals surface area (Å²) < 4.78 is 8.39. The van der Waals surface area contributed by atoms with Crippen LogP contribution in [0.25, 0.3) is 171 Å². The van der Waals surface area contributed by atoms with Crippen LogP contribution in [0.2, 0.25) is 0 Å². The first kappa shape index (κ1) is 67.4. The van der Waals surface area contributed by atoms with Crippen LogP contribution in [-0.4, -0.2) is 18.7 Å². The Labute approximate surface area is 680 Å². The number of para-hydroxylation sites is 4. The Morgan fingerprint density at radius 2 is 0.546 bits per heavy atom. The summed E-state index contributed by atoms with van der Waals surface area (Å²) in [5.74, 6) is 0. The predicted octanol–water partition coefficient (Wildman–Crippen LogP) is 25.1. The third kappa shape index (κ3) is 11.2. The number of hydrogen-bond donors (Lipinski definition) is 1. The molecule has 4 nitrogen and oxygen atoms in total. The maximum absolute atomic E-state index is 3.56. The first-order valence-electron chi connectivity index (χ1n) is 37.1. The van der Waals surface area contributed by atoms with E-state index < -0.39 is 0 Å². The van der Waals surface area contributed by atoms with E-state index in [0.717, 1.165) is 10.2 Å². The number of hydrogen-bond acceptors (Lipinski definition) is 0. The van der Waals surface area contributed by atoms with Crippen LogP contribution < -0.4 is 51.4 Å². The first-order chi connectivity index (χ1) is 52.5. The summed E-state index contributed by atoms with van der Waals surface area (Å²) in [5, 5.41) is 10.1. The Balaban J connectivity index is 0.000000129. The van der Waals surface area contributed by atoms with Gasteiger partial charge in [0, 0.05) is 86.5 Å². The van der Waals surface area contributed by atoms with Crippen molar-refractivity contribution < 1.29 is 52.8 Å². The molecule has 0 amide bonds. The van der Waals surface area contributed by atoms with Gasteiger partial charge in [0.2, 0.25) is 0 Å². The molecule has 0 unspecified atom stereocenters. The number of aromatic nitrogens is 4. The Morgan fingerprint density at radius 1 is 0.231 bits per heavy atom. The largest absolute Gasteiger partial charge is 1.00 e. The molecule has 0 fully saturated rings. The smallest absolute Gasteiger partial charge is 1.00 e. The van der Waals surface area contributed by atoms with Crippen LogP contribution in [-0.2, 0) is 10.8 Å². The molecule has 2 aliphatic carbocycles. The van der Waals surface area contributed by atoms with Crippen molar-refractivity contribution in [3.8, 4) is 83.8 Å². The predicted molar refractivity (Wildman–Crippen MR) is 457 cm³/mol. The molecule has 0 aliphatic heterocycles. The van der Waals surface area contributed by atoms with Gasteiger partial charge in [-0.2, -0.15) is 0 Å². The van der Waals surface area contributed by atoms with Gasteiger partial charge in [0.1, 0.15) is 0 Å². The molecule has 0 bridgehead atoms. The van der Waals surface area contributed by atoms with Crippen LogP contribution in [0.4, 0.5) is 0 Å². The molecule has 16 aromatic carbocycles. The summed E-state index contributed by atoms with van der Waals surface area (Å²) in [4.78, 5) is 3.54. The van der Waals surface area contributed by atoms with Crippen LogP contribution >= 0.6 is 15.9 Å². The Morgan fingerprint density at radius 3 is 1.02 bits per heavy atom. The van der Waals surface area contributed by atoms with Crippen LogP contribution in [0.3, 0.4) is 0 Å². The molecule has 1 N–H and O–H groups in total. The summed E-state index contributed by atoms with van der Waals surface area (Å²) in [6.45, 7) is 9.30. The fourth-order valence-corrected chi connectivity index (χ4v) is 18.1. The summed E-state index contributed by atoms with van der Waals surface area (Å²) >= 11 is 3.56. The summed E-state index contributed by atoms with van der Waals surface area (Å²) in [5.41, 5.74) is 34.2. The average molecular weight is 1470 g/mol. The van der Waals surface area contributed by atoms with Gasteiger partial charge in [0.15, 0.2) is 0 Å². The molecule has 6 heteroatoms. The van der Waals surface area contributed by atoms with Gasteiger partial charge in [-0.3, -0.25) is 0 Å². The van der Waals surface area contributed by atoms with Gasteiger partial charge in [-0.05, 0) is 210 Å². The Kier molecular flexibility index (Phi) is 16.8. The molecule has 20 aromatic rings. The fourth-order valence-electron chi connectivity index (χ4n) is 17.7.